The van der Waals surface area contributed by atoms with Crippen molar-refractivity contribution in [2.24, 2.45) is 5.73 Å². The Morgan fingerprint density at radius 3 is 2.76 bits per heavy atom. The first-order valence-corrected chi connectivity index (χ1v) is 7.16. The summed E-state index contributed by atoms with van der Waals surface area (Å²) in [5.41, 5.74) is 9.49. The predicted octanol–water partition coefficient (Wildman–Crippen LogP) is 2.63. The first kappa shape index (κ1) is 13.6. The van der Waals surface area contributed by atoms with E-state index in [1.54, 1.807) is 12.3 Å². The van der Waals surface area contributed by atoms with Crippen molar-refractivity contribution < 1.29 is 4.79 Å². The van der Waals surface area contributed by atoms with Crippen LogP contribution in [0.15, 0.2) is 42.7 Å². The zero-order valence-electron chi connectivity index (χ0n) is 12.1. The lowest BCUT2D eigenvalue weighted by Gasteiger charge is -2.20. The Kier molecular flexibility index (Phi) is 3.37. The van der Waals surface area contributed by atoms with Gasteiger partial charge >= 0.3 is 0 Å². The number of hydrogen-bond donors (Lipinski definition) is 2. The molecule has 1 aromatic carbocycles. The molecule has 0 radical (unpaired) electrons. The molecular formula is C17H19N3O. The largest absolute Gasteiger partial charge is 0.383 e. The average Bonchev–Trinajstić information content (AvgIpc) is 3.27. The van der Waals surface area contributed by atoms with Crippen LogP contribution in [0.2, 0.25) is 0 Å². The first-order chi connectivity index (χ1) is 10.1. The first-order valence-electron chi connectivity index (χ1n) is 7.16. The Morgan fingerprint density at radius 2 is 2.10 bits per heavy atom. The number of aryl methyl sites for hydroxylation is 1. The summed E-state index contributed by atoms with van der Waals surface area (Å²) in [5, 5.41) is 3.38. The molecule has 0 bridgehead atoms. The minimum atomic E-state index is -0.452. The normalized spacial score (nSPS) is 15.5. The van der Waals surface area contributed by atoms with Crippen molar-refractivity contribution in [3.63, 3.8) is 0 Å². The fraction of sp³-hybridized carbons (Fsp3) is 0.294. The monoisotopic (exact) mass is 281 g/mol. The molecule has 1 heterocycles. The number of aromatic nitrogens is 1. The van der Waals surface area contributed by atoms with Crippen molar-refractivity contribution in [3.05, 3.63) is 59.4 Å². The molecule has 0 saturated heterocycles. The van der Waals surface area contributed by atoms with Crippen molar-refractivity contribution in [2.45, 2.75) is 25.2 Å². The molecule has 0 unspecified atom stereocenters. The zero-order valence-corrected chi connectivity index (χ0v) is 12.1. The van der Waals surface area contributed by atoms with E-state index in [-0.39, 0.29) is 5.41 Å². The molecule has 1 saturated carbocycles. The highest BCUT2D eigenvalue weighted by Gasteiger charge is 2.44. The Bertz CT molecular complexity index is 677. The summed E-state index contributed by atoms with van der Waals surface area (Å²) in [7, 11) is 0. The van der Waals surface area contributed by atoms with Gasteiger partial charge in [-0.2, -0.15) is 0 Å². The molecule has 1 aliphatic rings. The van der Waals surface area contributed by atoms with Crippen LogP contribution >= 0.6 is 0 Å². The number of pyridine rings is 1. The van der Waals surface area contributed by atoms with E-state index in [4.69, 9.17) is 5.73 Å². The van der Waals surface area contributed by atoms with Gasteiger partial charge in [0, 0.05) is 24.4 Å². The highest BCUT2D eigenvalue weighted by molar-refractivity contribution is 5.98. The van der Waals surface area contributed by atoms with Crippen molar-refractivity contribution >= 4 is 11.6 Å². The molecule has 3 N–H and O–H groups in total. The highest BCUT2D eigenvalue weighted by Crippen LogP contribution is 2.49. The van der Waals surface area contributed by atoms with Crippen molar-refractivity contribution in [1.29, 1.82) is 0 Å². The van der Waals surface area contributed by atoms with Gasteiger partial charge in [0.1, 0.15) is 0 Å². The minimum Gasteiger partial charge on any atom is -0.383 e. The van der Waals surface area contributed by atoms with E-state index in [9.17, 15) is 4.79 Å². The smallest absolute Gasteiger partial charge is 0.252 e. The summed E-state index contributed by atoms with van der Waals surface area (Å²) in [6.45, 7) is 2.96. The Morgan fingerprint density at radius 1 is 1.33 bits per heavy atom. The van der Waals surface area contributed by atoms with Crippen LogP contribution in [0, 0.1) is 6.92 Å². The van der Waals surface area contributed by atoms with E-state index in [1.807, 2.05) is 0 Å². The number of anilines is 1. The lowest BCUT2D eigenvalue weighted by Crippen LogP contribution is -2.22. The fourth-order valence-electron chi connectivity index (χ4n) is 2.87. The number of carbonyl (C=O) groups is 1. The molecule has 2 aromatic rings. The SMILES string of the molecule is Cc1ccccc1C1(CNc2ccncc2C(N)=O)CC1. The molecular weight excluding hydrogens is 262 g/mol. The quantitative estimate of drug-likeness (QED) is 0.885. The molecule has 0 aliphatic heterocycles. The molecule has 1 fully saturated rings. The number of carbonyl (C=O) groups excluding carboxylic acids is 1. The number of primary amides is 1. The second-order valence-corrected chi connectivity index (χ2v) is 5.73. The van der Waals surface area contributed by atoms with Crippen LogP contribution in [-0.2, 0) is 5.41 Å². The third-order valence-corrected chi connectivity index (χ3v) is 4.27. The maximum atomic E-state index is 11.4. The van der Waals surface area contributed by atoms with Crippen LogP contribution in [0.1, 0.15) is 34.3 Å². The topological polar surface area (TPSA) is 68.0 Å². The minimum absolute atomic E-state index is 0.184. The number of nitrogens with one attached hydrogen (secondary N) is 1. The van der Waals surface area contributed by atoms with E-state index < -0.39 is 5.91 Å². The van der Waals surface area contributed by atoms with Crippen molar-refractivity contribution in [3.8, 4) is 0 Å². The van der Waals surface area contributed by atoms with Crippen molar-refractivity contribution in [1.82, 2.24) is 4.98 Å². The summed E-state index contributed by atoms with van der Waals surface area (Å²) < 4.78 is 0. The summed E-state index contributed by atoms with van der Waals surface area (Å²) in [4.78, 5) is 15.4. The van der Waals surface area contributed by atoms with Gasteiger partial charge < -0.3 is 11.1 Å². The lowest BCUT2D eigenvalue weighted by molar-refractivity contribution is 0.100. The predicted molar refractivity (Wildman–Crippen MR) is 83.3 cm³/mol. The molecule has 21 heavy (non-hydrogen) atoms. The van der Waals surface area contributed by atoms with E-state index >= 15 is 0 Å². The standard InChI is InChI=1S/C17H19N3O/c1-12-4-2-3-5-14(12)17(7-8-17)11-20-15-6-9-19-10-13(15)16(18)21/h2-6,9-10H,7-8,11H2,1H3,(H2,18,21)(H,19,20). The maximum Gasteiger partial charge on any atom is 0.252 e. The number of nitrogens with zero attached hydrogens (tertiary/aromatic N) is 1. The van der Waals surface area contributed by atoms with Gasteiger partial charge in [0.25, 0.3) is 5.91 Å². The third-order valence-electron chi connectivity index (χ3n) is 4.27. The maximum absolute atomic E-state index is 11.4. The van der Waals surface area contributed by atoms with Gasteiger partial charge in [-0.05, 0) is 37.0 Å². The summed E-state index contributed by atoms with van der Waals surface area (Å²) in [5.74, 6) is -0.452. The molecule has 1 aliphatic carbocycles. The second kappa shape index (κ2) is 5.20. The van der Waals surface area contributed by atoms with Crippen LogP contribution in [0.25, 0.3) is 0 Å². The number of benzene rings is 1. The summed E-state index contributed by atoms with van der Waals surface area (Å²) in [6.07, 6.45) is 5.52. The van der Waals surface area contributed by atoms with E-state index in [2.05, 4.69) is 41.5 Å². The Labute approximate surface area is 124 Å². The summed E-state index contributed by atoms with van der Waals surface area (Å²) >= 11 is 0. The average molecular weight is 281 g/mol. The molecule has 1 amide bonds. The van der Waals surface area contributed by atoms with Gasteiger partial charge in [-0.1, -0.05) is 24.3 Å². The Balaban J connectivity index is 1.80. The summed E-state index contributed by atoms with van der Waals surface area (Å²) in [6, 6.07) is 10.3. The zero-order chi connectivity index (χ0) is 14.9. The van der Waals surface area contributed by atoms with Crippen LogP contribution in [-0.4, -0.2) is 17.4 Å². The molecule has 4 heteroatoms. The molecule has 0 atom stereocenters. The van der Waals surface area contributed by atoms with Gasteiger partial charge in [0.2, 0.25) is 0 Å². The van der Waals surface area contributed by atoms with E-state index in [0.29, 0.717) is 5.56 Å². The number of hydrogen-bond acceptors (Lipinski definition) is 3. The van der Waals surface area contributed by atoms with E-state index in [1.165, 1.54) is 30.2 Å². The van der Waals surface area contributed by atoms with E-state index in [0.717, 1.165) is 12.2 Å². The number of rotatable bonds is 5. The number of nitrogens with two attached hydrogens (primary N) is 1. The van der Waals surface area contributed by atoms with Crippen molar-refractivity contribution in [2.75, 3.05) is 11.9 Å². The van der Waals surface area contributed by atoms with Crippen LogP contribution in [0.4, 0.5) is 5.69 Å². The number of amides is 1. The van der Waals surface area contributed by atoms with Gasteiger partial charge in [0.05, 0.1) is 11.3 Å². The van der Waals surface area contributed by atoms with Crippen LogP contribution in [0.5, 0.6) is 0 Å². The molecule has 4 nitrogen and oxygen atoms in total. The highest BCUT2D eigenvalue weighted by atomic mass is 16.1. The van der Waals surface area contributed by atoms with Gasteiger partial charge in [-0.3, -0.25) is 9.78 Å². The molecule has 108 valence electrons. The van der Waals surface area contributed by atoms with Gasteiger partial charge in [-0.15, -0.1) is 0 Å². The lowest BCUT2D eigenvalue weighted by atomic mass is 9.91. The third kappa shape index (κ3) is 2.61. The van der Waals surface area contributed by atoms with Crippen LogP contribution < -0.4 is 11.1 Å². The van der Waals surface area contributed by atoms with Crippen LogP contribution in [0.3, 0.4) is 0 Å². The van der Waals surface area contributed by atoms with Gasteiger partial charge in [-0.25, -0.2) is 0 Å². The Hall–Kier alpha value is -2.36. The second-order valence-electron chi connectivity index (χ2n) is 5.73. The molecule has 1 aromatic heterocycles. The fourth-order valence-corrected chi connectivity index (χ4v) is 2.87. The molecule has 0 spiro atoms. The molecule has 3 rings (SSSR count). The van der Waals surface area contributed by atoms with Gasteiger partial charge in [0.15, 0.2) is 0 Å².